The molecule has 0 aliphatic heterocycles. The fourth-order valence-corrected chi connectivity index (χ4v) is 1.52. The average Bonchev–Trinajstić information content (AvgIpc) is 2.60. The van der Waals surface area contributed by atoms with Crippen LogP contribution in [0.3, 0.4) is 0 Å². The van der Waals surface area contributed by atoms with E-state index < -0.39 is 0 Å². The third-order valence-electron chi connectivity index (χ3n) is 2.15. The van der Waals surface area contributed by atoms with Crippen molar-refractivity contribution in [1.82, 2.24) is 19.7 Å². The van der Waals surface area contributed by atoms with Crippen molar-refractivity contribution in [3.8, 4) is 11.4 Å². The second-order valence-corrected chi connectivity index (χ2v) is 4.14. The zero-order valence-electron chi connectivity index (χ0n) is 9.46. The first-order chi connectivity index (χ1) is 7.66. The van der Waals surface area contributed by atoms with E-state index in [9.17, 15) is 0 Å². The Bertz CT molecular complexity index is 460. The van der Waals surface area contributed by atoms with Gasteiger partial charge in [0.25, 0.3) is 0 Å². The van der Waals surface area contributed by atoms with Gasteiger partial charge in [0.15, 0.2) is 0 Å². The van der Waals surface area contributed by atoms with Crippen molar-refractivity contribution in [3.63, 3.8) is 0 Å². The molecule has 0 aliphatic rings. The molecule has 0 radical (unpaired) electrons. The lowest BCUT2D eigenvalue weighted by Gasteiger charge is -2.03. The Kier molecular flexibility index (Phi) is 2.85. The maximum Gasteiger partial charge on any atom is 0.135 e. The van der Waals surface area contributed by atoms with Crippen LogP contribution in [0.4, 0.5) is 5.69 Å². The molecule has 5 heteroatoms. The van der Waals surface area contributed by atoms with Gasteiger partial charge in [-0.15, -0.1) is 0 Å². The molecule has 0 fully saturated rings. The van der Waals surface area contributed by atoms with Crippen molar-refractivity contribution in [2.45, 2.75) is 20.4 Å². The highest BCUT2D eigenvalue weighted by atomic mass is 15.3. The summed E-state index contributed by atoms with van der Waals surface area (Å²) in [5.74, 6) is 0.536. The van der Waals surface area contributed by atoms with Gasteiger partial charge in [0.1, 0.15) is 11.4 Å². The molecule has 0 bridgehead atoms. The normalized spacial score (nSPS) is 10.9. The van der Waals surface area contributed by atoms with E-state index in [4.69, 9.17) is 5.73 Å². The number of anilines is 1. The Labute approximate surface area is 94.3 Å². The molecule has 2 N–H and O–H groups in total. The molecule has 0 saturated carbocycles. The largest absolute Gasteiger partial charge is 0.396 e. The van der Waals surface area contributed by atoms with E-state index in [1.54, 1.807) is 18.6 Å². The average molecular weight is 217 g/mol. The second kappa shape index (κ2) is 4.30. The number of rotatable bonds is 3. The molecule has 0 spiro atoms. The summed E-state index contributed by atoms with van der Waals surface area (Å²) < 4.78 is 1.85. The molecule has 2 rings (SSSR count). The predicted molar refractivity (Wildman–Crippen MR) is 62.5 cm³/mol. The van der Waals surface area contributed by atoms with Crippen LogP contribution in [0.15, 0.2) is 24.8 Å². The van der Waals surface area contributed by atoms with Gasteiger partial charge in [-0.2, -0.15) is 5.10 Å². The van der Waals surface area contributed by atoms with Gasteiger partial charge in [-0.05, 0) is 5.92 Å². The molecule has 2 aromatic heterocycles. The van der Waals surface area contributed by atoms with Crippen molar-refractivity contribution in [3.05, 3.63) is 24.8 Å². The van der Waals surface area contributed by atoms with E-state index in [0.29, 0.717) is 23.0 Å². The van der Waals surface area contributed by atoms with Crippen molar-refractivity contribution in [2.24, 2.45) is 5.92 Å². The van der Waals surface area contributed by atoms with Crippen LogP contribution in [0.5, 0.6) is 0 Å². The van der Waals surface area contributed by atoms with Gasteiger partial charge in [-0.3, -0.25) is 14.6 Å². The molecule has 0 unspecified atom stereocenters. The maximum atomic E-state index is 5.90. The van der Waals surface area contributed by atoms with Crippen LogP contribution in [0, 0.1) is 5.92 Å². The van der Waals surface area contributed by atoms with Crippen molar-refractivity contribution in [2.75, 3.05) is 5.73 Å². The van der Waals surface area contributed by atoms with E-state index >= 15 is 0 Å². The smallest absolute Gasteiger partial charge is 0.135 e. The quantitative estimate of drug-likeness (QED) is 0.847. The summed E-state index contributed by atoms with van der Waals surface area (Å²) in [7, 11) is 0. The summed E-state index contributed by atoms with van der Waals surface area (Å²) in [6, 6.07) is 0. The Balaban J connectivity index is 2.32. The van der Waals surface area contributed by atoms with Crippen molar-refractivity contribution >= 4 is 5.69 Å². The summed E-state index contributed by atoms with van der Waals surface area (Å²) in [5.41, 5.74) is 7.95. The molecule has 16 heavy (non-hydrogen) atoms. The molecule has 84 valence electrons. The maximum absolute atomic E-state index is 5.90. The van der Waals surface area contributed by atoms with Crippen LogP contribution in [0.2, 0.25) is 0 Å². The van der Waals surface area contributed by atoms with Crippen molar-refractivity contribution in [1.29, 1.82) is 0 Å². The van der Waals surface area contributed by atoms with E-state index in [0.717, 1.165) is 6.54 Å². The highest BCUT2D eigenvalue weighted by Gasteiger charge is 2.10. The molecule has 0 aromatic carbocycles. The fraction of sp³-hybridized carbons (Fsp3) is 0.364. The second-order valence-electron chi connectivity index (χ2n) is 4.14. The van der Waals surface area contributed by atoms with Crippen LogP contribution in [-0.4, -0.2) is 19.7 Å². The molecule has 0 saturated heterocycles. The lowest BCUT2D eigenvalue weighted by atomic mass is 10.2. The Morgan fingerprint density at radius 3 is 2.81 bits per heavy atom. The minimum atomic E-state index is 0.536. The van der Waals surface area contributed by atoms with Gasteiger partial charge in [0.05, 0.1) is 11.9 Å². The number of nitrogens with zero attached hydrogens (tertiary/aromatic N) is 4. The monoisotopic (exact) mass is 217 g/mol. The van der Waals surface area contributed by atoms with Crippen LogP contribution < -0.4 is 5.73 Å². The van der Waals surface area contributed by atoms with Gasteiger partial charge in [0.2, 0.25) is 0 Å². The zero-order valence-corrected chi connectivity index (χ0v) is 9.46. The molecule has 0 atom stereocenters. The molecule has 0 amide bonds. The van der Waals surface area contributed by atoms with Gasteiger partial charge in [-0.1, -0.05) is 13.8 Å². The summed E-state index contributed by atoms with van der Waals surface area (Å²) in [5, 5.41) is 4.41. The first-order valence-electron chi connectivity index (χ1n) is 5.26. The Morgan fingerprint density at radius 2 is 2.19 bits per heavy atom. The van der Waals surface area contributed by atoms with Crippen molar-refractivity contribution < 1.29 is 0 Å². The van der Waals surface area contributed by atoms with E-state index in [1.165, 1.54) is 0 Å². The molecule has 5 nitrogen and oxygen atoms in total. The van der Waals surface area contributed by atoms with Gasteiger partial charge >= 0.3 is 0 Å². The predicted octanol–water partition coefficient (Wildman–Crippen LogP) is 1.58. The molecule has 0 aliphatic carbocycles. The van der Waals surface area contributed by atoms with Gasteiger partial charge < -0.3 is 5.73 Å². The minimum absolute atomic E-state index is 0.536. The van der Waals surface area contributed by atoms with Gasteiger partial charge in [0, 0.05) is 25.1 Å². The number of aromatic nitrogens is 4. The summed E-state index contributed by atoms with van der Waals surface area (Å²) in [4.78, 5) is 8.19. The standard InChI is InChI=1S/C11H15N5/c1-8(2)6-16-7-9(12)11(15-16)10-5-13-3-4-14-10/h3-5,7-8H,6,12H2,1-2H3. The first-order valence-corrected chi connectivity index (χ1v) is 5.26. The molecule has 2 aromatic rings. The van der Waals surface area contributed by atoms with Crippen LogP contribution in [0.25, 0.3) is 11.4 Å². The highest BCUT2D eigenvalue weighted by Crippen LogP contribution is 2.21. The molecule has 2 heterocycles. The fourth-order valence-electron chi connectivity index (χ4n) is 1.52. The topological polar surface area (TPSA) is 69.6 Å². The molecular weight excluding hydrogens is 202 g/mol. The number of nitrogen functional groups attached to an aromatic ring is 1. The summed E-state index contributed by atoms with van der Waals surface area (Å²) in [6.45, 7) is 5.13. The van der Waals surface area contributed by atoms with Crippen LogP contribution >= 0.6 is 0 Å². The molecular formula is C11H15N5. The third kappa shape index (κ3) is 2.18. The summed E-state index contributed by atoms with van der Waals surface area (Å²) in [6.07, 6.45) is 6.77. The van der Waals surface area contributed by atoms with E-state index in [1.807, 2.05) is 10.9 Å². The minimum Gasteiger partial charge on any atom is -0.396 e. The zero-order chi connectivity index (χ0) is 11.5. The Morgan fingerprint density at radius 1 is 1.38 bits per heavy atom. The highest BCUT2D eigenvalue weighted by molar-refractivity contribution is 5.68. The first kappa shape index (κ1) is 10.6. The summed E-state index contributed by atoms with van der Waals surface area (Å²) >= 11 is 0. The van der Waals surface area contributed by atoms with Gasteiger partial charge in [-0.25, -0.2) is 0 Å². The van der Waals surface area contributed by atoms with Crippen LogP contribution in [-0.2, 0) is 6.54 Å². The number of hydrogen-bond donors (Lipinski definition) is 1. The SMILES string of the molecule is CC(C)Cn1cc(N)c(-c2cnccn2)n1. The van der Waals surface area contributed by atoms with Crippen LogP contribution in [0.1, 0.15) is 13.8 Å². The Hall–Kier alpha value is -1.91. The number of nitrogens with two attached hydrogens (primary N) is 1. The van der Waals surface area contributed by atoms with E-state index in [2.05, 4.69) is 28.9 Å². The lowest BCUT2D eigenvalue weighted by Crippen LogP contribution is -2.04. The lowest BCUT2D eigenvalue weighted by molar-refractivity contribution is 0.484. The third-order valence-corrected chi connectivity index (χ3v) is 2.15. The van der Waals surface area contributed by atoms with E-state index in [-0.39, 0.29) is 0 Å². The number of hydrogen-bond acceptors (Lipinski definition) is 4.